The van der Waals surface area contributed by atoms with Crippen LogP contribution in [0.1, 0.15) is 30.5 Å². The van der Waals surface area contributed by atoms with Crippen molar-refractivity contribution in [2.24, 2.45) is 0 Å². The Morgan fingerprint density at radius 3 is 1.96 bits per heavy atom. The molecule has 0 bridgehead atoms. The van der Waals surface area contributed by atoms with Crippen molar-refractivity contribution >= 4 is 50.7 Å². The van der Waals surface area contributed by atoms with Crippen LogP contribution in [-0.4, -0.2) is 43.8 Å². The van der Waals surface area contributed by atoms with Crippen molar-refractivity contribution < 1.29 is 22.7 Å². The number of carbonyl (C=O) groups excluding carboxylic acids is 2. The Morgan fingerprint density at radius 1 is 0.745 bits per heavy atom. The minimum Gasteiger partial charge on any atom is -0.457 e. The standard InChI is InChI=1S/C40H39Cl2N3O5S/c1-28(2)43-40(47)38(25-30-10-6-4-7-11-30)44(26-31-16-23-36(41)37(42)24-31)39(46)27-45(51(48,49)35-21-14-29(3)15-22-35)32-17-19-34(20-18-32)50-33-12-8-5-9-13-33/h4-24,28,38H,25-27H2,1-3H3,(H,43,47)/t38-/m1/s1. The smallest absolute Gasteiger partial charge is 0.264 e. The Bertz CT molecular complexity index is 2040. The van der Waals surface area contributed by atoms with E-state index in [1.165, 1.54) is 17.0 Å². The summed E-state index contributed by atoms with van der Waals surface area (Å²) in [7, 11) is -4.27. The van der Waals surface area contributed by atoms with Crippen LogP contribution in [0.15, 0.2) is 132 Å². The van der Waals surface area contributed by atoms with Crippen molar-refractivity contribution in [2.45, 2.75) is 50.7 Å². The molecular formula is C40H39Cl2N3O5S. The van der Waals surface area contributed by atoms with E-state index in [0.717, 1.165) is 15.4 Å². The van der Waals surface area contributed by atoms with Crippen LogP contribution in [0.3, 0.4) is 0 Å². The molecule has 1 N–H and O–H groups in total. The van der Waals surface area contributed by atoms with E-state index in [0.29, 0.717) is 22.1 Å². The van der Waals surface area contributed by atoms with Gasteiger partial charge in [-0.15, -0.1) is 0 Å². The second-order valence-electron chi connectivity index (χ2n) is 12.4. The fourth-order valence-corrected chi connectivity index (χ4v) is 7.18. The largest absolute Gasteiger partial charge is 0.457 e. The first-order valence-electron chi connectivity index (χ1n) is 16.4. The average molecular weight is 745 g/mol. The normalized spacial score (nSPS) is 11.9. The average Bonchev–Trinajstić information content (AvgIpc) is 3.11. The third-order valence-electron chi connectivity index (χ3n) is 8.03. The van der Waals surface area contributed by atoms with Crippen molar-refractivity contribution in [3.8, 4) is 11.5 Å². The molecule has 5 aromatic rings. The quantitative estimate of drug-likeness (QED) is 0.123. The van der Waals surface area contributed by atoms with E-state index in [1.807, 2.05) is 81.4 Å². The van der Waals surface area contributed by atoms with Crippen molar-refractivity contribution in [3.63, 3.8) is 0 Å². The molecule has 0 aliphatic heterocycles. The van der Waals surface area contributed by atoms with Crippen molar-refractivity contribution in [3.05, 3.63) is 154 Å². The summed E-state index contributed by atoms with van der Waals surface area (Å²) in [5.74, 6) is 0.129. The molecule has 8 nitrogen and oxygen atoms in total. The Morgan fingerprint density at radius 2 is 1.35 bits per heavy atom. The van der Waals surface area contributed by atoms with E-state index in [2.05, 4.69) is 5.32 Å². The molecule has 0 radical (unpaired) electrons. The molecule has 0 unspecified atom stereocenters. The summed E-state index contributed by atoms with van der Waals surface area (Å²) in [6, 6.07) is 35.2. The molecule has 5 aromatic carbocycles. The number of hydrogen-bond donors (Lipinski definition) is 1. The van der Waals surface area contributed by atoms with Gasteiger partial charge in [0, 0.05) is 19.0 Å². The van der Waals surface area contributed by atoms with Gasteiger partial charge in [0.15, 0.2) is 0 Å². The number of amides is 2. The van der Waals surface area contributed by atoms with E-state index in [4.69, 9.17) is 27.9 Å². The highest BCUT2D eigenvalue weighted by Gasteiger charge is 2.35. The van der Waals surface area contributed by atoms with Crippen molar-refractivity contribution in [1.82, 2.24) is 10.2 Å². The zero-order valence-corrected chi connectivity index (χ0v) is 30.8. The highest BCUT2D eigenvalue weighted by molar-refractivity contribution is 7.92. The van der Waals surface area contributed by atoms with Crippen LogP contribution in [0.4, 0.5) is 5.69 Å². The predicted octanol–water partition coefficient (Wildman–Crippen LogP) is 8.45. The van der Waals surface area contributed by atoms with Gasteiger partial charge in [-0.2, -0.15) is 0 Å². The second kappa shape index (κ2) is 16.9. The lowest BCUT2D eigenvalue weighted by molar-refractivity contribution is -0.140. The van der Waals surface area contributed by atoms with E-state index in [1.54, 1.807) is 54.6 Å². The van der Waals surface area contributed by atoms with Crippen LogP contribution in [0.2, 0.25) is 10.0 Å². The molecule has 0 aliphatic rings. The van der Waals surface area contributed by atoms with Gasteiger partial charge < -0.3 is 15.0 Å². The number of anilines is 1. The van der Waals surface area contributed by atoms with Gasteiger partial charge in [-0.3, -0.25) is 13.9 Å². The Labute approximate surface area is 309 Å². The highest BCUT2D eigenvalue weighted by atomic mass is 35.5. The summed E-state index contributed by atoms with van der Waals surface area (Å²) in [4.78, 5) is 30.0. The van der Waals surface area contributed by atoms with Crippen LogP contribution in [-0.2, 0) is 32.6 Å². The molecule has 1 atom stereocenters. The molecule has 0 saturated heterocycles. The summed E-state index contributed by atoms with van der Waals surface area (Å²) in [5.41, 5.74) is 2.56. The molecule has 0 fully saturated rings. The van der Waals surface area contributed by atoms with Crippen molar-refractivity contribution in [2.75, 3.05) is 10.8 Å². The number of para-hydroxylation sites is 1. The number of rotatable bonds is 14. The van der Waals surface area contributed by atoms with Gasteiger partial charge in [0.1, 0.15) is 24.1 Å². The summed E-state index contributed by atoms with van der Waals surface area (Å²) in [6.07, 6.45) is 0.183. The van der Waals surface area contributed by atoms with Crippen LogP contribution < -0.4 is 14.4 Å². The number of aryl methyl sites for hydroxylation is 1. The van der Waals surface area contributed by atoms with E-state index >= 15 is 0 Å². The Balaban J connectivity index is 1.57. The first-order valence-corrected chi connectivity index (χ1v) is 18.6. The minimum absolute atomic E-state index is 0.0138. The monoisotopic (exact) mass is 743 g/mol. The number of nitrogens with zero attached hydrogens (tertiary/aromatic N) is 2. The molecule has 0 spiro atoms. The maximum Gasteiger partial charge on any atom is 0.264 e. The molecule has 0 aromatic heterocycles. The number of sulfonamides is 1. The molecule has 264 valence electrons. The van der Waals surface area contributed by atoms with Crippen LogP contribution in [0.5, 0.6) is 11.5 Å². The van der Waals surface area contributed by atoms with Crippen LogP contribution in [0.25, 0.3) is 0 Å². The summed E-state index contributed by atoms with van der Waals surface area (Å²) in [6.45, 7) is 4.89. The number of benzene rings is 5. The summed E-state index contributed by atoms with van der Waals surface area (Å²) >= 11 is 12.6. The Hall–Kier alpha value is -4.83. The lowest BCUT2D eigenvalue weighted by Crippen LogP contribution is -2.54. The molecule has 0 aliphatic carbocycles. The molecule has 2 amide bonds. The summed E-state index contributed by atoms with van der Waals surface area (Å²) < 4.78 is 35.7. The van der Waals surface area contributed by atoms with Gasteiger partial charge in [-0.1, -0.05) is 95.5 Å². The maximum atomic E-state index is 14.7. The van der Waals surface area contributed by atoms with Gasteiger partial charge in [0.05, 0.1) is 20.6 Å². The molecule has 0 saturated carbocycles. The predicted molar refractivity (Wildman–Crippen MR) is 203 cm³/mol. The third-order valence-corrected chi connectivity index (χ3v) is 10.6. The lowest BCUT2D eigenvalue weighted by atomic mass is 10.0. The van der Waals surface area contributed by atoms with Gasteiger partial charge >= 0.3 is 0 Å². The molecule has 51 heavy (non-hydrogen) atoms. The fraction of sp³-hybridized carbons (Fsp3) is 0.200. The maximum absolute atomic E-state index is 14.7. The van der Waals surface area contributed by atoms with E-state index in [9.17, 15) is 18.0 Å². The molecular weight excluding hydrogens is 705 g/mol. The molecule has 5 rings (SSSR count). The number of halogens is 2. The van der Waals surface area contributed by atoms with Gasteiger partial charge in [0.25, 0.3) is 10.0 Å². The zero-order chi connectivity index (χ0) is 36.5. The van der Waals surface area contributed by atoms with Gasteiger partial charge in [-0.25, -0.2) is 8.42 Å². The van der Waals surface area contributed by atoms with Crippen molar-refractivity contribution in [1.29, 1.82) is 0 Å². The third kappa shape index (κ3) is 9.91. The number of nitrogens with one attached hydrogen (secondary N) is 1. The summed E-state index contributed by atoms with van der Waals surface area (Å²) in [5, 5.41) is 3.58. The van der Waals surface area contributed by atoms with Gasteiger partial charge in [0.2, 0.25) is 11.8 Å². The number of hydrogen-bond acceptors (Lipinski definition) is 5. The van der Waals surface area contributed by atoms with E-state index in [-0.39, 0.29) is 40.5 Å². The molecule has 11 heteroatoms. The van der Waals surface area contributed by atoms with Crippen LogP contribution in [0, 0.1) is 6.92 Å². The second-order valence-corrected chi connectivity index (χ2v) is 15.0. The number of carbonyl (C=O) groups is 2. The minimum atomic E-state index is -4.27. The van der Waals surface area contributed by atoms with E-state index < -0.39 is 28.5 Å². The number of ether oxygens (including phenoxy) is 1. The van der Waals surface area contributed by atoms with Gasteiger partial charge in [-0.05, 0) is 92.6 Å². The van der Waals surface area contributed by atoms with Crippen LogP contribution >= 0.6 is 23.2 Å². The molecule has 0 heterocycles. The first-order chi connectivity index (χ1) is 24.4. The zero-order valence-electron chi connectivity index (χ0n) is 28.5. The fourth-order valence-electron chi connectivity index (χ4n) is 5.44. The SMILES string of the molecule is Cc1ccc(S(=O)(=O)N(CC(=O)N(Cc2ccc(Cl)c(Cl)c2)[C@H](Cc2ccccc2)C(=O)NC(C)C)c2ccc(Oc3ccccc3)cc2)cc1. The topological polar surface area (TPSA) is 96.0 Å². The highest BCUT2D eigenvalue weighted by Crippen LogP contribution is 2.30. The Kier molecular flexibility index (Phi) is 12.4. The first kappa shape index (κ1) is 37.4. The lowest BCUT2D eigenvalue weighted by Gasteiger charge is -2.34.